The summed E-state index contributed by atoms with van der Waals surface area (Å²) in [5, 5.41) is 21.7. The van der Waals surface area contributed by atoms with Crippen molar-refractivity contribution in [2.75, 3.05) is 21.3 Å². The highest BCUT2D eigenvalue weighted by Gasteiger charge is 2.39. The van der Waals surface area contributed by atoms with Crippen molar-refractivity contribution in [2.45, 2.75) is 57.7 Å². The Hall–Kier alpha value is -2.58. The molecule has 0 unspecified atom stereocenters. The average molecular weight is 470 g/mol. The molecular weight excluding hydrogens is 434 g/mol. The van der Waals surface area contributed by atoms with Crippen LogP contribution in [0.2, 0.25) is 0 Å². The quantitative estimate of drug-likeness (QED) is 0.421. The predicted octanol–water partition coefficient (Wildman–Crippen LogP) is 5.00. The van der Waals surface area contributed by atoms with Crippen LogP contribution in [0.15, 0.2) is 36.5 Å². The number of hydrogen-bond acceptors (Lipinski definition) is 7. The van der Waals surface area contributed by atoms with Gasteiger partial charge in [-0.15, -0.1) is 0 Å². The monoisotopic (exact) mass is 469 g/mol. The Labute approximate surface area is 201 Å². The summed E-state index contributed by atoms with van der Waals surface area (Å²) in [6, 6.07) is 9.70. The van der Waals surface area contributed by atoms with Gasteiger partial charge in [0.25, 0.3) is 0 Å². The number of piperidine rings is 1. The third kappa shape index (κ3) is 6.06. The Morgan fingerprint density at radius 1 is 1.03 bits per heavy atom. The van der Waals surface area contributed by atoms with E-state index in [0.29, 0.717) is 22.4 Å². The number of aromatic nitrogens is 1. The number of nitrogens with zero attached hydrogens (tertiary/aromatic N) is 2. The van der Waals surface area contributed by atoms with Crippen LogP contribution < -0.4 is 14.8 Å². The molecule has 0 bridgehead atoms. The Morgan fingerprint density at radius 3 is 2.21 bits per heavy atom. The molecule has 0 atom stereocenters. The molecule has 8 heteroatoms. The number of rotatable bonds is 5. The van der Waals surface area contributed by atoms with Crippen LogP contribution in [-0.2, 0) is 0 Å². The first-order valence-electron chi connectivity index (χ1n) is 11.0. The van der Waals surface area contributed by atoms with E-state index in [1.54, 1.807) is 20.4 Å². The van der Waals surface area contributed by atoms with Gasteiger partial charge in [0.1, 0.15) is 10.8 Å². The first-order valence-corrected chi connectivity index (χ1v) is 11.8. The van der Waals surface area contributed by atoms with E-state index in [1.807, 2.05) is 42.3 Å². The van der Waals surface area contributed by atoms with Gasteiger partial charge in [-0.2, -0.15) is 0 Å². The lowest BCUT2D eigenvalue weighted by Gasteiger charge is -2.49. The van der Waals surface area contributed by atoms with Crippen molar-refractivity contribution in [3.8, 4) is 22.8 Å². The molecule has 0 radical (unpaired) electrons. The van der Waals surface area contributed by atoms with Gasteiger partial charge in [0.05, 0.1) is 14.2 Å². The van der Waals surface area contributed by atoms with E-state index in [0.717, 1.165) is 35.7 Å². The minimum absolute atomic E-state index is 0.00546. The minimum Gasteiger partial charge on any atom is -0.496 e. The minimum atomic E-state index is -0.00546. The first-order chi connectivity index (χ1) is 15.4. The molecule has 2 aromatic rings. The zero-order chi connectivity index (χ0) is 24.4. The van der Waals surface area contributed by atoms with E-state index >= 15 is 0 Å². The second-order valence-corrected chi connectivity index (χ2v) is 10.8. The Kier molecular flexibility index (Phi) is 7.39. The summed E-state index contributed by atoms with van der Waals surface area (Å²) in [6.07, 6.45) is 3.63. The van der Waals surface area contributed by atoms with Gasteiger partial charge in [0, 0.05) is 47.6 Å². The normalized spacial score (nSPS) is 17.3. The van der Waals surface area contributed by atoms with E-state index in [9.17, 15) is 0 Å². The number of amidine groups is 1. The second kappa shape index (κ2) is 9.73. The molecule has 7 nitrogen and oxygen atoms in total. The van der Waals surface area contributed by atoms with Gasteiger partial charge in [0.2, 0.25) is 5.88 Å². The average Bonchev–Trinajstić information content (AvgIpc) is 2.75. The molecule has 1 saturated heterocycles. The van der Waals surface area contributed by atoms with Gasteiger partial charge < -0.3 is 19.7 Å². The fourth-order valence-electron chi connectivity index (χ4n) is 4.66. The molecule has 2 heterocycles. The number of ether oxygens (including phenoxy) is 2. The van der Waals surface area contributed by atoms with Crippen LogP contribution >= 0.6 is 11.8 Å². The van der Waals surface area contributed by atoms with Crippen molar-refractivity contribution in [3.63, 3.8) is 0 Å². The molecule has 178 valence electrons. The van der Waals surface area contributed by atoms with Gasteiger partial charge in [-0.25, -0.2) is 4.98 Å². The maximum atomic E-state index is 8.68. The molecule has 1 aromatic carbocycles. The molecule has 0 spiro atoms. The lowest BCUT2D eigenvalue weighted by Crippen LogP contribution is -2.62. The van der Waals surface area contributed by atoms with Crippen molar-refractivity contribution in [2.24, 2.45) is 0 Å². The van der Waals surface area contributed by atoms with Crippen molar-refractivity contribution < 1.29 is 9.47 Å². The number of methoxy groups -OCH3 is 2. The lowest BCUT2D eigenvalue weighted by molar-refractivity contribution is 0.114. The van der Waals surface area contributed by atoms with E-state index in [4.69, 9.17) is 20.3 Å². The number of nitrogens with one attached hydrogen (secondary N) is 3. The van der Waals surface area contributed by atoms with E-state index < -0.39 is 0 Å². The first kappa shape index (κ1) is 25.1. The second-order valence-electron chi connectivity index (χ2n) is 9.81. The number of pyridine rings is 1. The summed E-state index contributed by atoms with van der Waals surface area (Å²) in [6.45, 7) is 8.83. The van der Waals surface area contributed by atoms with Crippen molar-refractivity contribution >= 4 is 22.0 Å². The third-order valence-electron chi connectivity index (χ3n) is 5.96. The van der Waals surface area contributed by atoms with Gasteiger partial charge in [-0.05, 0) is 76.1 Å². The Morgan fingerprint density at radius 2 is 1.67 bits per heavy atom. The smallest absolute Gasteiger partial charge is 0.212 e. The molecule has 1 aliphatic rings. The van der Waals surface area contributed by atoms with E-state index in [1.165, 1.54) is 0 Å². The highest BCUT2D eigenvalue weighted by Crippen LogP contribution is 2.34. The van der Waals surface area contributed by atoms with Gasteiger partial charge in [-0.1, -0.05) is 6.07 Å². The molecule has 0 saturated carbocycles. The molecule has 1 aliphatic heterocycles. The molecule has 1 fully saturated rings. The molecule has 0 amide bonds. The van der Waals surface area contributed by atoms with E-state index in [-0.39, 0.29) is 22.2 Å². The zero-order valence-electron chi connectivity index (χ0n) is 20.6. The summed E-state index contributed by atoms with van der Waals surface area (Å²) >= 11 is 1.15. The van der Waals surface area contributed by atoms with Crippen molar-refractivity contribution in [3.05, 3.63) is 42.1 Å². The summed E-state index contributed by atoms with van der Waals surface area (Å²) < 4.78 is 10.7. The standard InChI is InChI=1S/C25H35N5O2S/c1-24(2)13-18(14-25(3,4)29-24)30(5)23(27)33-22(26)19-10-8-16(12-20(19)31-6)17-9-11-21(32-7)28-15-17/h8-12,15,18,26-27,29H,13-14H2,1-7H3. The lowest BCUT2D eigenvalue weighted by atomic mass is 9.79. The molecular formula is C25H35N5O2S. The molecule has 3 rings (SSSR count). The maximum absolute atomic E-state index is 8.68. The van der Waals surface area contributed by atoms with Gasteiger partial charge >= 0.3 is 0 Å². The van der Waals surface area contributed by atoms with Crippen LogP contribution in [0.3, 0.4) is 0 Å². The topological polar surface area (TPSA) is 94.3 Å². The van der Waals surface area contributed by atoms with Crippen LogP contribution in [0.1, 0.15) is 46.1 Å². The fraction of sp³-hybridized carbons (Fsp3) is 0.480. The molecule has 1 aromatic heterocycles. The zero-order valence-corrected chi connectivity index (χ0v) is 21.4. The Bertz CT molecular complexity index is 1000. The molecule has 33 heavy (non-hydrogen) atoms. The number of benzene rings is 1. The van der Waals surface area contributed by atoms with Crippen LogP contribution in [0.25, 0.3) is 11.1 Å². The highest BCUT2D eigenvalue weighted by molar-refractivity contribution is 8.26. The van der Waals surface area contributed by atoms with Gasteiger partial charge in [-0.3, -0.25) is 10.8 Å². The highest BCUT2D eigenvalue weighted by atomic mass is 32.2. The van der Waals surface area contributed by atoms with Crippen LogP contribution in [-0.4, -0.2) is 58.5 Å². The summed E-state index contributed by atoms with van der Waals surface area (Å²) in [4.78, 5) is 6.27. The van der Waals surface area contributed by atoms with Crippen LogP contribution in [0.4, 0.5) is 0 Å². The van der Waals surface area contributed by atoms with Gasteiger partial charge in [0.15, 0.2) is 5.17 Å². The van der Waals surface area contributed by atoms with Crippen molar-refractivity contribution in [1.29, 1.82) is 10.8 Å². The Balaban J connectivity index is 1.74. The summed E-state index contributed by atoms with van der Waals surface area (Å²) in [7, 11) is 5.15. The van der Waals surface area contributed by atoms with Crippen LogP contribution in [0, 0.1) is 10.8 Å². The number of thioether (sulfide) groups is 1. The molecule has 0 aliphatic carbocycles. The molecule has 3 N–H and O–H groups in total. The third-order valence-corrected chi connectivity index (χ3v) is 6.87. The fourth-order valence-corrected chi connectivity index (χ4v) is 5.43. The summed E-state index contributed by atoms with van der Waals surface area (Å²) in [5.74, 6) is 1.16. The number of hydrogen-bond donors (Lipinski definition) is 3. The largest absolute Gasteiger partial charge is 0.496 e. The van der Waals surface area contributed by atoms with E-state index in [2.05, 4.69) is 38.0 Å². The SMILES string of the molecule is COc1ccc(-c2ccc(C(=N)SC(=N)N(C)C3CC(C)(C)NC(C)(C)C3)c(OC)c2)cn1. The van der Waals surface area contributed by atoms with Crippen LogP contribution in [0.5, 0.6) is 11.6 Å². The van der Waals surface area contributed by atoms with Crippen molar-refractivity contribution in [1.82, 2.24) is 15.2 Å². The summed E-state index contributed by atoms with van der Waals surface area (Å²) in [5.41, 5.74) is 2.53. The maximum Gasteiger partial charge on any atom is 0.212 e. The predicted molar refractivity (Wildman–Crippen MR) is 137 cm³/mol.